The zero-order chi connectivity index (χ0) is 18.9. The van der Waals surface area contributed by atoms with E-state index in [9.17, 15) is 9.59 Å². The van der Waals surface area contributed by atoms with Gasteiger partial charge in [0.25, 0.3) is 5.79 Å². The van der Waals surface area contributed by atoms with Crippen LogP contribution >= 0.6 is 11.3 Å². The molecular weight excluding hydrogens is 368 g/mol. The molecule has 2 aromatic rings. The smallest absolute Gasteiger partial charge is 0.449 e. The number of benzene rings is 1. The van der Waals surface area contributed by atoms with Crippen LogP contribution in [0.25, 0.3) is 0 Å². The predicted octanol–water partition coefficient (Wildman–Crippen LogP) is 3.94. The SMILES string of the molecule is COC(=O)OC(=O)C1=C[C@H](c2ccccc2)[C@@H]2CCO[C@]2(c2cccs2)O1. The van der Waals surface area contributed by atoms with Gasteiger partial charge in [0.1, 0.15) is 0 Å². The Bertz CT molecular complexity index is 860. The van der Waals surface area contributed by atoms with E-state index >= 15 is 0 Å². The van der Waals surface area contributed by atoms with Crippen LogP contribution in [-0.2, 0) is 29.5 Å². The number of rotatable bonds is 3. The van der Waals surface area contributed by atoms with Gasteiger partial charge in [-0.05, 0) is 29.5 Å². The summed E-state index contributed by atoms with van der Waals surface area (Å²) in [6, 6.07) is 13.7. The van der Waals surface area contributed by atoms with E-state index in [1.807, 2.05) is 47.8 Å². The second-order valence-corrected chi connectivity index (χ2v) is 7.25. The zero-order valence-electron chi connectivity index (χ0n) is 14.6. The van der Waals surface area contributed by atoms with Gasteiger partial charge in [0, 0.05) is 11.8 Å². The Morgan fingerprint density at radius 1 is 1.19 bits per heavy atom. The molecule has 27 heavy (non-hydrogen) atoms. The number of methoxy groups -OCH3 is 1. The molecule has 0 amide bonds. The molecule has 0 radical (unpaired) electrons. The fourth-order valence-corrected chi connectivity index (χ4v) is 4.57. The Morgan fingerprint density at radius 2 is 2.00 bits per heavy atom. The second kappa shape index (κ2) is 7.17. The van der Waals surface area contributed by atoms with Crippen LogP contribution < -0.4 is 0 Å². The van der Waals surface area contributed by atoms with Crippen molar-refractivity contribution in [2.75, 3.05) is 13.7 Å². The zero-order valence-corrected chi connectivity index (χ0v) is 15.4. The molecule has 0 spiro atoms. The third-order valence-electron chi connectivity index (χ3n) is 4.85. The first-order valence-electron chi connectivity index (χ1n) is 8.58. The molecule has 1 saturated heterocycles. The highest BCUT2D eigenvalue weighted by atomic mass is 32.1. The van der Waals surface area contributed by atoms with Gasteiger partial charge in [0.15, 0.2) is 0 Å². The molecule has 140 valence electrons. The summed E-state index contributed by atoms with van der Waals surface area (Å²) in [5, 5.41) is 1.94. The van der Waals surface area contributed by atoms with Crippen LogP contribution in [0.15, 0.2) is 59.7 Å². The molecule has 0 aliphatic carbocycles. The number of thiophene rings is 1. The Kier molecular flexibility index (Phi) is 4.72. The number of carbonyl (C=O) groups is 2. The summed E-state index contributed by atoms with van der Waals surface area (Å²) in [5.41, 5.74) is 1.04. The molecule has 7 heteroatoms. The number of hydrogen-bond acceptors (Lipinski definition) is 7. The number of hydrogen-bond donors (Lipinski definition) is 0. The number of allylic oxidation sites excluding steroid dienone is 1. The number of fused-ring (bicyclic) bond motifs is 1. The highest BCUT2D eigenvalue weighted by Crippen LogP contribution is 2.54. The third kappa shape index (κ3) is 3.13. The molecule has 4 rings (SSSR count). The van der Waals surface area contributed by atoms with E-state index in [1.54, 1.807) is 6.08 Å². The van der Waals surface area contributed by atoms with Crippen LogP contribution in [0.3, 0.4) is 0 Å². The van der Waals surface area contributed by atoms with Crippen LogP contribution in [0.4, 0.5) is 4.79 Å². The maximum absolute atomic E-state index is 12.5. The van der Waals surface area contributed by atoms with E-state index in [1.165, 1.54) is 11.3 Å². The van der Waals surface area contributed by atoms with Gasteiger partial charge in [-0.1, -0.05) is 36.4 Å². The Hall–Kier alpha value is -2.64. The lowest BCUT2D eigenvalue weighted by atomic mass is 9.77. The van der Waals surface area contributed by atoms with Gasteiger partial charge in [0.05, 0.1) is 18.6 Å². The first kappa shape index (κ1) is 17.8. The monoisotopic (exact) mass is 386 g/mol. The number of esters is 1. The number of ether oxygens (including phenoxy) is 4. The standard InChI is InChI=1S/C20H18O6S/c1-23-19(22)25-18(21)16-12-14(13-6-3-2-4-7-13)15-9-10-24-20(15,26-16)17-8-5-11-27-17/h2-8,11-12,14-15H,9-10H2,1H3/t14-,15+,20+/m1/s1. The van der Waals surface area contributed by atoms with Crippen LogP contribution in [0, 0.1) is 5.92 Å². The molecule has 0 N–H and O–H groups in total. The topological polar surface area (TPSA) is 71.1 Å². The Morgan fingerprint density at radius 3 is 2.70 bits per heavy atom. The largest absolute Gasteiger partial charge is 0.516 e. The summed E-state index contributed by atoms with van der Waals surface area (Å²) in [4.78, 5) is 24.7. The third-order valence-corrected chi connectivity index (χ3v) is 5.82. The van der Waals surface area contributed by atoms with E-state index in [4.69, 9.17) is 9.47 Å². The molecule has 1 aromatic heterocycles. The second-order valence-electron chi connectivity index (χ2n) is 6.30. The average Bonchev–Trinajstić information content (AvgIpc) is 3.38. The molecule has 2 aliphatic heterocycles. The van der Waals surface area contributed by atoms with Crippen LogP contribution in [0.1, 0.15) is 22.8 Å². The van der Waals surface area contributed by atoms with Gasteiger partial charge in [-0.3, -0.25) is 0 Å². The van der Waals surface area contributed by atoms with Crippen LogP contribution in [0.5, 0.6) is 0 Å². The molecule has 3 atom stereocenters. The summed E-state index contributed by atoms with van der Waals surface area (Å²) in [6.45, 7) is 0.513. The maximum Gasteiger partial charge on any atom is 0.516 e. The molecule has 1 aromatic carbocycles. The van der Waals surface area contributed by atoms with Gasteiger partial charge < -0.3 is 18.9 Å². The molecular formula is C20H18O6S. The first-order valence-corrected chi connectivity index (χ1v) is 9.46. The van der Waals surface area contributed by atoms with Crippen molar-refractivity contribution in [2.24, 2.45) is 5.92 Å². The minimum Gasteiger partial charge on any atom is -0.449 e. The lowest BCUT2D eigenvalue weighted by Gasteiger charge is -2.40. The Labute approximate surface area is 160 Å². The van der Waals surface area contributed by atoms with E-state index < -0.39 is 17.9 Å². The average molecular weight is 386 g/mol. The van der Waals surface area contributed by atoms with Gasteiger partial charge >= 0.3 is 12.1 Å². The summed E-state index contributed by atoms with van der Waals surface area (Å²) in [5.74, 6) is -2.15. The van der Waals surface area contributed by atoms with Crippen molar-refractivity contribution in [1.82, 2.24) is 0 Å². The van der Waals surface area contributed by atoms with Crippen LogP contribution in [-0.4, -0.2) is 25.8 Å². The summed E-state index contributed by atoms with van der Waals surface area (Å²) in [6.07, 6.45) is 1.42. The fourth-order valence-electron chi connectivity index (χ4n) is 3.69. The van der Waals surface area contributed by atoms with Gasteiger partial charge in [-0.2, -0.15) is 0 Å². The number of carbonyl (C=O) groups excluding carboxylic acids is 2. The van der Waals surface area contributed by atoms with Crippen LogP contribution in [0.2, 0.25) is 0 Å². The highest BCUT2D eigenvalue weighted by Gasteiger charge is 2.56. The minimum atomic E-state index is -1.08. The Balaban J connectivity index is 1.78. The lowest BCUT2D eigenvalue weighted by Crippen LogP contribution is -2.42. The van der Waals surface area contributed by atoms with Crippen molar-refractivity contribution in [1.29, 1.82) is 0 Å². The van der Waals surface area contributed by atoms with E-state index in [2.05, 4.69) is 9.47 Å². The van der Waals surface area contributed by atoms with Crippen molar-refractivity contribution in [3.63, 3.8) is 0 Å². The van der Waals surface area contributed by atoms with Gasteiger partial charge in [-0.15, -0.1) is 11.3 Å². The van der Waals surface area contributed by atoms with Crippen molar-refractivity contribution in [2.45, 2.75) is 18.1 Å². The molecule has 2 aliphatic rings. The predicted molar refractivity (Wildman–Crippen MR) is 96.9 cm³/mol. The van der Waals surface area contributed by atoms with Crippen molar-refractivity contribution in [3.05, 3.63) is 70.1 Å². The lowest BCUT2D eigenvalue weighted by molar-refractivity contribution is -0.228. The highest BCUT2D eigenvalue weighted by molar-refractivity contribution is 7.10. The minimum absolute atomic E-state index is 0.00627. The van der Waals surface area contributed by atoms with Crippen molar-refractivity contribution >= 4 is 23.5 Å². The van der Waals surface area contributed by atoms with E-state index in [0.29, 0.717) is 6.61 Å². The summed E-state index contributed by atoms with van der Waals surface area (Å²) < 4.78 is 21.2. The summed E-state index contributed by atoms with van der Waals surface area (Å²) in [7, 11) is 1.14. The quantitative estimate of drug-likeness (QED) is 0.588. The molecule has 0 bridgehead atoms. The normalized spacial score (nSPS) is 26.5. The molecule has 0 saturated carbocycles. The van der Waals surface area contributed by atoms with Crippen molar-refractivity contribution < 1.29 is 28.5 Å². The molecule has 3 heterocycles. The van der Waals surface area contributed by atoms with Crippen molar-refractivity contribution in [3.8, 4) is 0 Å². The van der Waals surface area contributed by atoms with E-state index in [0.717, 1.165) is 24.0 Å². The van der Waals surface area contributed by atoms with Gasteiger partial charge in [-0.25, -0.2) is 9.59 Å². The molecule has 1 fully saturated rings. The van der Waals surface area contributed by atoms with E-state index in [-0.39, 0.29) is 17.6 Å². The molecule has 0 unspecified atom stereocenters. The maximum atomic E-state index is 12.5. The summed E-state index contributed by atoms with van der Waals surface area (Å²) >= 11 is 1.51. The fraction of sp³-hybridized carbons (Fsp3) is 0.300. The first-order chi connectivity index (χ1) is 13.1. The molecule has 6 nitrogen and oxygen atoms in total. The van der Waals surface area contributed by atoms with Gasteiger partial charge in [0.2, 0.25) is 5.76 Å².